The smallest absolute Gasteiger partial charge is 0.258 e. The van der Waals surface area contributed by atoms with Crippen molar-refractivity contribution >= 4 is 17.7 Å². The lowest BCUT2D eigenvalue weighted by Gasteiger charge is -2.19. The van der Waals surface area contributed by atoms with E-state index in [0.717, 1.165) is 5.82 Å². The Balaban J connectivity index is 3.17. The van der Waals surface area contributed by atoms with E-state index < -0.39 is 0 Å². The molecule has 0 aliphatic carbocycles. The van der Waals surface area contributed by atoms with Gasteiger partial charge >= 0.3 is 0 Å². The first-order valence-electron chi connectivity index (χ1n) is 6.47. The summed E-state index contributed by atoms with van der Waals surface area (Å²) in [6.07, 6.45) is 2.22. The second-order valence-corrected chi connectivity index (χ2v) is 5.64. The summed E-state index contributed by atoms with van der Waals surface area (Å²) in [6.45, 7) is 6.30. The molecule has 1 aromatic heterocycles. The lowest BCUT2D eigenvalue weighted by Crippen LogP contribution is -2.29. The van der Waals surface area contributed by atoms with Crippen molar-refractivity contribution in [2.24, 2.45) is 0 Å². The van der Waals surface area contributed by atoms with Crippen LogP contribution in [0.15, 0.2) is 5.03 Å². The van der Waals surface area contributed by atoms with Crippen LogP contribution in [0.1, 0.15) is 48.1 Å². The molecule has 0 bridgehead atoms. The van der Waals surface area contributed by atoms with Gasteiger partial charge in [-0.3, -0.25) is 4.79 Å². The maximum atomic E-state index is 12.5. The van der Waals surface area contributed by atoms with Crippen LogP contribution in [0.25, 0.3) is 0 Å². The van der Waals surface area contributed by atoms with Crippen molar-refractivity contribution in [2.75, 3.05) is 19.8 Å². The molecular weight excluding hydrogens is 272 g/mol. The molecule has 108 valence electrons. The molecule has 0 spiro atoms. The predicted octanol–water partition coefficient (Wildman–Crippen LogP) is 2.62. The number of aryl methyl sites for hydroxylation is 1. The molecule has 5 nitrogen and oxygen atoms in total. The van der Waals surface area contributed by atoms with Gasteiger partial charge in [-0.1, -0.05) is 13.8 Å². The number of thioether (sulfide) groups is 1. The number of hydrogen-bond donors (Lipinski definition) is 0. The number of rotatable bonds is 5. The summed E-state index contributed by atoms with van der Waals surface area (Å²) in [5.41, 5.74) is 1.24. The van der Waals surface area contributed by atoms with Crippen molar-refractivity contribution in [1.82, 2.24) is 14.9 Å². The molecule has 0 aromatic carbocycles. The summed E-state index contributed by atoms with van der Waals surface area (Å²) in [5, 5.41) is 9.31. The lowest BCUT2D eigenvalue weighted by atomic mass is 10.1. The number of nitriles is 1. The predicted molar refractivity (Wildman–Crippen MR) is 79.8 cm³/mol. The van der Waals surface area contributed by atoms with Crippen molar-refractivity contribution in [3.8, 4) is 6.07 Å². The van der Waals surface area contributed by atoms with Gasteiger partial charge in [0.1, 0.15) is 10.9 Å². The minimum Gasteiger partial charge on any atom is -0.341 e. The highest BCUT2D eigenvalue weighted by atomic mass is 32.2. The van der Waals surface area contributed by atoms with Gasteiger partial charge in [0.25, 0.3) is 5.91 Å². The Labute approximate surface area is 124 Å². The Morgan fingerprint density at radius 3 is 2.60 bits per heavy atom. The van der Waals surface area contributed by atoms with Crippen LogP contribution in [0.3, 0.4) is 0 Å². The summed E-state index contributed by atoms with van der Waals surface area (Å²) in [4.78, 5) is 22.9. The van der Waals surface area contributed by atoms with Gasteiger partial charge in [0.2, 0.25) is 0 Å². The van der Waals surface area contributed by atoms with Gasteiger partial charge in [-0.05, 0) is 13.2 Å². The molecule has 0 aliphatic heterocycles. The number of amides is 1. The van der Waals surface area contributed by atoms with E-state index in [1.54, 1.807) is 11.9 Å². The number of hydrogen-bond acceptors (Lipinski definition) is 5. The SMILES string of the molecule is CSc1nc(C(C)C)nc(C)c1C(=O)N(C)CCC#N. The minimum atomic E-state index is -0.127. The average Bonchev–Trinajstić information content (AvgIpc) is 2.42. The van der Waals surface area contributed by atoms with Crippen LogP contribution in [0.2, 0.25) is 0 Å². The van der Waals surface area contributed by atoms with Gasteiger partial charge in [-0.25, -0.2) is 9.97 Å². The average molecular weight is 292 g/mol. The van der Waals surface area contributed by atoms with E-state index in [0.29, 0.717) is 29.2 Å². The van der Waals surface area contributed by atoms with Crippen molar-refractivity contribution in [3.05, 3.63) is 17.1 Å². The van der Waals surface area contributed by atoms with E-state index in [4.69, 9.17) is 5.26 Å². The van der Waals surface area contributed by atoms with Crippen LogP contribution in [0, 0.1) is 18.3 Å². The second-order valence-electron chi connectivity index (χ2n) is 4.84. The van der Waals surface area contributed by atoms with Crippen molar-refractivity contribution < 1.29 is 4.79 Å². The number of carbonyl (C=O) groups excluding carboxylic acids is 1. The molecule has 0 aliphatic rings. The summed E-state index contributed by atoms with van der Waals surface area (Å²) in [6, 6.07) is 2.04. The molecule has 0 atom stereocenters. The van der Waals surface area contributed by atoms with Crippen LogP contribution in [0.4, 0.5) is 0 Å². The fourth-order valence-electron chi connectivity index (χ4n) is 1.73. The van der Waals surface area contributed by atoms with Crippen molar-refractivity contribution in [2.45, 2.75) is 38.1 Å². The number of aromatic nitrogens is 2. The molecule has 0 saturated carbocycles. The molecule has 1 heterocycles. The first-order valence-corrected chi connectivity index (χ1v) is 7.69. The van der Waals surface area contributed by atoms with Crippen LogP contribution >= 0.6 is 11.8 Å². The van der Waals surface area contributed by atoms with Gasteiger partial charge in [-0.2, -0.15) is 5.26 Å². The van der Waals surface area contributed by atoms with E-state index >= 15 is 0 Å². The molecule has 0 N–H and O–H groups in total. The molecule has 0 unspecified atom stereocenters. The summed E-state index contributed by atoms with van der Waals surface area (Å²) < 4.78 is 0. The zero-order chi connectivity index (χ0) is 15.3. The fraction of sp³-hybridized carbons (Fsp3) is 0.571. The third kappa shape index (κ3) is 3.70. The van der Waals surface area contributed by atoms with E-state index in [1.807, 2.05) is 33.1 Å². The summed E-state index contributed by atoms with van der Waals surface area (Å²) in [7, 11) is 1.69. The van der Waals surface area contributed by atoms with Crippen molar-refractivity contribution in [1.29, 1.82) is 5.26 Å². The molecule has 1 amide bonds. The Bertz CT molecular complexity index is 537. The van der Waals surface area contributed by atoms with Crippen molar-refractivity contribution in [3.63, 3.8) is 0 Å². The Morgan fingerprint density at radius 2 is 2.10 bits per heavy atom. The Hall–Kier alpha value is -1.61. The molecule has 1 aromatic rings. The zero-order valence-corrected chi connectivity index (χ0v) is 13.4. The van der Waals surface area contributed by atoms with Gasteiger partial charge in [0, 0.05) is 19.5 Å². The van der Waals surface area contributed by atoms with E-state index in [-0.39, 0.29) is 11.8 Å². The van der Waals surface area contributed by atoms with Gasteiger partial charge in [0.15, 0.2) is 0 Å². The lowest BCUT2D eigenvalue weighted by molar-refractivity contribution is 0.0792. The van der Waals surface area contributed by atoms with E-state index in [2.05, 4.69) is 9.97 Å². The van der Waals surface area contributed by atoms with Crippen LogP contribution in [-0.2, 0) is 0 Å². The Kier molecular flexibility index (Phi) is 5.96. The highest BCUT2D eigenvalue weighted by molar-refractivity contribution is 7.98. The third-order valence-electron chi connectivity index (χ3n) is 2.90. The minimum absolute atomic E-state index is 0.127. The largest absolute Gasteiger partial charge is 0.341 e. The molecule has 20 heavy (non-hydrogen) atoms. The maximum Gasteiger partial charge on any atom is 0.258 e. The molecule has 0 fully saturated rings. The van der Waals surface area contributed by atoms with Gasteiger partial charge < -0.3 is 4.90 Å². The van der Waals surface area contributed by atoms with Gasteiger partial charge in [-0.15, -0.1) is 11.8 Å². The van der Waals surface area contributed by atoms with E-state index in [9.17, 15) is 4.79 Å². The normalized spacial score (nSPS) is 10.4. The van der Waals surface area contributed by atoms with Crippen LogP contribution in [0.5, 0.6) is 0 Å². The summed E-state index contributed by atoms with van der Waals surface area (Å²) >= 11 is 1.45. The number of carbonyl (C=O) groups is 1. The molecule has 6 heteroatoms. The topological polar surface area (TPSA) is 69.9 Å². The first-order chi connectivity index (χ1) is 9.42. The van der Waals surface area contributed by atoms with Crippen LogP contribution in [-0.4, -0.2) is 40.6 Å². The highest BCUT2D eigenvalue weighted by Gasteiger charge is 2.21. The van der Waals surface area contributed by atoms with Crippen LogP contribution < -0.4 is 0 Å². The number of nitrogens with zero attached hydrogens (tertiary/aromatic N) is 4. The molecule has 1 rings (SSSR count). The molecule has 0 radical (unpaired) electrons. The molecular formula is C14H20N4OS. The fourth-order valence-corrected chi connectivity index (χ4v) is 2.35. The highest BCUT2D eigenvalue weighted by Crippen LogP contribution is 2.24. The quantitative estimate of drug-likeness (QED) is 0.616. The second kappa shape index (κ2) is 7.25. The Morgan fingerprint density at radius 1 is 1.45 bits per heavy atom. The van der Waals surface area contributed by atoms with E-state index in [1.165, 1.54) is 11.8 Å². The van der Waals surface area contributed by atoms with Gasteiger partial charge in [0.05, 0.1) is 23.7 Å². The molecule has 0 saturated heterocycles. The maximum absolute atomic E-state index is 12.5. The monoisotopic (exact) mass is 292 g/mol. The third-order valence-corrected chi connectivity index (χ3v) is 3.59. The zero-order valence-electron chi connectivity index (χ0n) is 12.6. The first kappa shape index (κ1) is 16.4. The standard InChI is InChI=1S/C14H20N4OS/c1-9(2)12-16-10(3)11(13(17-12)20-5)14(19)18(4)8-6-7-15/h9H,6,8H2,1-5H3. The summed E-state index contributed by atoms with van der Waals surface area (Å²) in [5.74, 6) is 0.848.